The number of hydrogen-bond acceptors (Lipinski definition) is 15. The molecule has 0 unspecified atom stereocenters. The monoisotopic (exact) mass is 962 g/mol. The normalized spacial score (nSPS) is 18.3. The van der Waals surface area contributed by atoms with Gasteiger partial charge >= 0.3 is 0 Å². The van der Waals surface area contributed by atoms with Gasteiger partial charge in [-0.05, 0) is 67.3 Å². The highest BCUT2D eigenvalue weighted by Crippen LogP contribution is 2.43. The molecule has 1 saturated heterocycles. The van der Waals surface area contributed by atoms with Crippen LogP contribution in [0.25, 0.3) is 16.1 Å². The first-order chi connectivity index (χ1) is 33.2. The van der Waals surface area contributed by atoms with Gasteiger partial charge in [0.1, 0.15) is 36.5 Å². The number of carbonyl (C=O) groups excluding carboxylic acids is 4. The van der Waals surface area contributed by atoms with Gasteiger partial charge in [-0.2, -0.15) is 4.98 Å². The van der Waals surface area contributed by atoms with Gasteiger partial charge in [0.2, 0.25) is 23.7 Å². The highest BCUT2D eigenvalue weighted by molar-refractivity contribution is 7.13. The van der Waals surface area contributed by atoms with E-state index in [0.29, 0.717) is 35.4 Å². The van der Waals surface area contributed by atoms with E-state index in [1.807, 2.05) is 62.0 Å². The summed E-state index contributed by atoms with van der Waals surface area (Å²) < 4.78 is 13.3. The summed E-state index contributed by atoms with van der Waals surface area (Å²) in [6.07, 6.45) is 8.49. The molecule has 1 aliphatic carbocycles. The van der Waals surface area contributed by atoms with Crippen molar-refractivity contribution in [1.82, 2.24) is 50.6 Å². The zero-order valence-electron chi connectivity index (χ0n) is 40.0. The maximum absolute atomic E-state index is 14.0. The molecule has 5 N–H and O–H groups in total. The molecule has 2 aliphatic heterocycles. The SMILES string of the molecule is CC[C@@H]1c2nncn2-c2cnc(Nc3ccc(C(=O)NCCCOCC(=O)N[C@H](C(=O)N4C[C@H](O)C[C@H]4C(=O)NCc4ccc(-c5scnc5C)cc4)C(C)(C)C)cc3OC)nc2N1C1CCCC1. The number of methoxy groups -OCH3 is 1. The lowest BCUT2D eigenvalue weighted by atomic mass is 9.85. The predicted octanol–water partition coefficient (Wildman–Crippen LogP) is 5.40. The van der Waals surface area contributed by atoms with E-state index in [1.165, 1.54) is 24.9 Å². The Labute approximate surface area is 405 Å². The van der Waals surface area contributed by atoms with E-state index in [4.69, 9.17) is 14.5 Å². The van der Waals surface area contributed by atoms with E-state index in [9.17, 15) is 24.3 Å². The summed E-state index contributed by atoms with van der Waals surface area (Å²) in [5, 5.41) is 31.2. The van der Waals surface area contributed by atoms with Crippen LogP contribution in [-0.2, 0) is 25.7 Å². The lowest BCUT2D eigenvalue weighted by molar-refractivity contribution is -0.144. The van der Waals surface area contributed by atoms with Crippen LogP contribution in [0.15, 0.2) is 60.5 Å². The van der Waals surface area contributed by atoms with Gasteiger partial charge in [-0.25, -0.2) is 9.97 Å². The first-order valence-corrected chi connectivity index (χ1v) is 24.5. The fourth-order valence-electron chi connectivity index (χ4n) is 9.39. The summed E-state index contributed by atoms with van der Waals surface area (Å²) >= 11 is 1.57. The Kier molecular flexibility index (Phi) is 15.2. The van der Waals surface area contributed by atoms with Crippen LogP contribution in [0, 0.1) is 12.3 Å². The highest BCUT2D eigenvalue weighted by atomic mass is 32.1. The van der Waals surface area contributed by atoms with Crippen LogP contribution >= 0.6 is 11.3 Å². The summed E-state index contributed by atoms with van der Waals surface area (Å²) in [6.45, 7) is 9.92. The molecule has 366 valence electrons. The number of β-amino-alcohol motifs (C(OH)–C–C–N with tert-alkyl or cyclic N) is 1. The number of fused-ring (bicyclic) bond motifs is 3. The number of nitrogens with one attached hydrogen (secondary N) is 4. The molecule has 5 heterocycles. The minimum Gasteiger partial charge on any atom is -0.495 e. The van der Waals surface area contributed by atoms with E-state index in [1.54, 1.807) is 42.1 Å². The fourth-order valence-corrected chi connectivity index (χ4v) is 10.2. The number of thiazole rings is 1. The third kappa shape index (κ3) is 11.0. The molecule has 2 fully saturated rings. The van der Waals surface area contributed by atoms with Crippen molar-refractivity contribution >= 4 is 52.4 Å². The zero-order valence-corrected chi connectivity index (χ0v) is 40.8. The number of aliphatic hydroxyl groups excluding tert-OH is 1. The molecule has 3 aromatic heterocycles. The standard InChI is InChI=1S/C49H62N12O7S/c1-7-36-44-58-54-27-60(44)38-24-52-48(57-43(38)61(36)33-11-8-9-12-33)55-35-18-17-32(21-39(35)67-6)45(64)50-19-10-20-68-26-40(63)56-42(49(3,4)5)47(66)59-25-34(62)22-37(59)46(65)51-23-30-13-15-31(16-14-30)41-29(2)53-28-69-41/h13-18,21,24,27-28,33-34,36-37,42,62H,7-12,19-20,22-23,25-26H2,1-6H3,(H,50,64)(H,51,65)(H,56,63)(H,52,55,57)/t34-,36-,37+,42-/m1/s1. The van der Waals surface area contributed by atoms with Crippen LogP contribution in [0.2, 0.25) is 0 Å². The van der Waals surface area contributed by atoms with Crippen LogP contribution in [-0.4, -0.2) is 121 Å². The summed E-state index contributed by atoms with van der Waals surface area (Å²) in [4.78, 5) is 72.7. The number of carbonyl (C=O) groups is 4. The molecule has 4 amide bonds. The molecule has 5 aromatic rings. The van der Waals surface area contributed by atoms with Gasteiger partial charge in [-0.3, -0.25) is 23.7 Å². The Morgan fingerprint density at radius 2 is 1.81 bits per heavy atom. The Morgan fingerprint density at radius 1 is 1.03 bits per heavy atom. The third-order valence-corrected chi connectivity index (χ3v) is 14.0. The number of aliphatic hydroxyl groups is 1. The lowest BCUT2D eigenvalue weighted by Crippen LogP contribution is -2.58. The molecule has 2 aromatic carbocycles. The number of benzene rings is 2. The first-order valence-electron chi connectivity index (χ1n) is 23.7. The zero-order chi connectivity index (χ0) is 48.8. The number of rotatable bonds is 18. The van der Waals surface area contributed by atoms with Crippen LogP contribution in [0.1, 0.15) is 106 Å². The minimum atomic E-state index is -0.995. The second-order valence-electron chi connectivity index (χ2n) is 18.9. The number of aromatic nitrogens is 6. The average molecular weight is 963 g/mol. The van der Waals surface area contributed by atoms with Crippen molar-refractivity contribution in [3.8, 4) is 21.9 Å². The lowest BCUT2D eigenvalue weighted by Gasteiger charge is -2.40. The van der Waals surface area contributed by atoms with Gasteiger partial charge in [0.15, 0.2) is 11.6 Å². The maximum atomic E-state index is 14.0. The van der Waals surface area contributed by atoms with E-state index < -0.39 is 35.4 Å². The average Bonchev–Trinajstić information content (AvgIpc) is 4.19. The van der Waals surface area contributed by atoms with Crippen molar-refractivity contribution in [2.45, 2.75) is 116 Å². The van der Waals surface area contributed by atoms with Gasteiger partial charge < -0.3 is 45.6 Å². The quantitative estimate of drug-likeness (QED) is 0.0693. The van der Waals surface area contributed by atoms with Gasteiger partial charge in [0.25, 0.3) is 5.91 Å². The van der Waals surface area contributed by atoms with E-state index in [0.717, 1.165) is 58.3 Å². The second-order valence-corrected chi connectivity index (χ2v) is 19.7. The van der Waals surface area contributed by atoms with Gasteiger partial charge in [-0.15, -0.1) is 21.5 Å². The molecule has 19 nitrogen and oxygen atoms in total. The maximum Gasteiger partial charge on any atom is 0.251 e. The van der Waals surface area contributed by atoms with Crippen LogP contribution in [0.5, 0.6) is 5.75 Å². The summed E-state index contributed by atoms with van der Waals surface area (Å²) in [7, 11) is 1.53. The number of ether oxygens (including phenoxy) is 2. The molecular formula is C49H62N12O7S. The van der Waals surface area contributed by atoms with Gasteiger partial charge in [-0.1, -0.05) is 64.8 Å². The van der Waals surface area contributed by atoms with Crippen molar-refractivity contribution in [2.24, 2.45) is 5.41 Å². The molecule has 0 radical (unpaired) electrons. The smallest absolute Gasteiger partial charge is 0.251 e. The largest absolute Gasteiger partial charge is 0.495 e. The molecule has 20 heteroatoms. The van der Waals surface area contributed by atoms with Gasteiger partial charge in [0.05, 0.1) is 47.2 Å². The third-order valence-electron chi connectivity index (χ3n) is 13.0. The Morgan fingerprint density at radius 3 is 2.52 bits per heavy atom. The van der Waals surface area contributed by atoms with Crippen molar-refractivity contribution in [2.75, 3.05) is 43.6 Å². The predicted molar refractivity (Wildman–Crippen MR) is 260 cm³/mol. The molecule has 8 rings (SSSR count). The number of amides is 4. The first kappa shape index (κ1) is 48.9. The molecule has 1 saturated carbocycles. The fraction of sp³-hybridized carbons (Fsp3) is 0.490. The van der Waals surface area contributed by atoms with Crippen LogP contribution < -0.4 is 30.9 Å². The summed E-state index contributed by atoms with van der Waals surface area (Å²) in [5.41, 5.74) is 5.78. The second kappa shape index (κ2) is 21.4. The molecule has 4 atom stereocenters. The summed E-state index contributed by atoms with van der Waals surface area (Å²) in [6, 6.07) is 11.4. The number of likely N-dealkylation sites (tertiary alicyclic amines) is 1. The van der Waals surface area contributed by atoms with Crippen molar-refractivity contribution in [3.05, 3.63) is 83.1 Å². The van der Waals surface area contributed by atoms with Gasteiger partial charge in [0, 0.05) is 44.3 Å². The highest BCUT2D eigenvalue weighted by Gasteiger charge is 2.45. The van der Waals surface area contributed by atoms with E-state index in [2.05, 4.69) is 53.3 Å². The van der Waals surface area contributed by atoms with E-state index >= 15 is 0 Å². The van der Waals surface area contributed by atoms with Crippen molar-refractivity contribution < 1.29 is 33.8 Å². The number of aryl methyl sites for hydroxylation is 1. The van der Waals surface area contributed by atoms with Crippen molar-refractivity contribution in [1.29, 1.82) is 0 Å². The summed E-state index contributed by atoms with van der Waals surface area (Å²) in [5.74, 6) is 0.884. The van der Waals surface area contributed by atoms with E-state index in [-0.39, 0.29) is 57.1 Å². The number of hydrogen-bond donors (Lipinski definition) is 5. The molecule has 3 aliphatic rings. The molecular weight excluding hydrogens is 901 g/mol. The topological polar surface area (TPSA) is 231 Å². The molecule has 0 spiro atoms. The minimum absolute atomic E-state index is 0.0335. The Bertz CT molecular complexity index is 2630. The van der Waals surface area contributed by atoms with Crippen LogP contribution in [0.4, 0.5) is 17.5 Å². The Balaban J connectivity index is 0.796. The Hall–Kier alpha value is -6.51. The molecule has 0 bridgehead atoms. The molecule has 69 heavy (non-hydrogen) atoms. The number of nitrogens with zero attached hydrogens (tertiary/aromatic N) is 8. The van der Waals surface area contributed by atoms with Crippen molar-refractivity contribution in [3.63, 3.8) is 0 Å². The number of anilines is 3. The van der Waals surface area contributed by atoms with Crippen LogP contribution in [0.3, 0.4) is 0 Å².